The number of ketones is 1. The van der Waals surface area contributed by atoms with Crippen LogP contribution >= 0.6 is 0 Å². The van der Waals surface area contributed by atoms with Crippen molar-refractivity contribution in [1.82, 2.24) is 0 Å². The Balaban J connectivity index is 4.17. The van der Waals surface area contributed by atoms with Crippen LogP contribution in [0, 0.1) is 11.3 Å². The van der Waals surface area contributed by atoms with Crippen molar-refractivity contribution in [2.75, 3.05) is 0 Å². The molecule has 0 rings (SSSR count). The van der Waals surface area contributed by atoms with Crippen LogP contribution in [0.2, 0.25) is 0 Å². The molecule has 1 amide bonds. The van der Waals surface area contributed by atoms with Gasteiger partial charge in [-0.1, -0.05) is 53.4 Å². The van der Waals surface area contributed by atoms with Crippen molar-refractivity contribution in [3.8, 4) is 0 Å². The molecule has 3 nitrogen and oxygen atoms in total. The maximum atomic E-state index is 12.4. The lowest BCUT2D eigenvalue weighted by molar-refractivity contribution is -0.129. The van der Waals surface area contributed by atoms with E-state index in [-0.39, 0.29) is 11.3 Å². The zero-order valence-electron chi connectivity index (χ0n) is 13.8. The second kappa shape index (κ2) is 9.95. The minimum Gasteiger partial charge on any atom is -0.370 e. The first-order valence-corrected chi connectivity index (χ1v) is 8.13. The van der Waals surface area contributed by atoms with E-state index in [0.717, 1.165) is 31.6 Å². The average Bonchev–Trinajstić information content (AvgIpc) is 2.35. The Bertz CT molecular complexity index is 299. The molecule has 0 saturated heterocycles. The van der Waals surface area contributed by atoms with E-state index in [1.54, 1.807) is 0 Å². The number of primary amides is 1. The molecule has 0 heterocycles. The SMILES string of the molecule is CCCC(C)(CCC(N)=O)C(=O)CCCCCC(C)C. The summed E-state index contributed by atoms with van der Waals surface area (Å²) < 4.78 is 0. The number of carbonyl (C=O) groups excluding carboxylic acids is 2. The van der Waals surface area contributed by atoms with E-state index in [2.05, 4.69) is 20.8 Å². The highest BCUT2D eigenvalue weighted by Gasteiger charge is 2.31. The summed E-state index contributed by atoms with van der Waals surface area (Å²) in [7, 11) is 0. The predicted molar refractivity (Wildman–Crippen MR) is 84.4 cm³/mol. The lowest BCUT2D eigenvalue weighted by Crippen LogP contribution is -2.29. The molecule has 0 bridgehead atoms. The third kappa shape index (κ3) is 8.34. The largest absolute Gasteiger partial charge is 0.370 e. The summed E-state index contributed by atoms with van der Waals surface area (Å²) in [6.07, 6.45) is 7.92. The van der Waals surface area contributed by atoms with Gasteiger partial charge in [-0.05, 0) is 25.2 Å². The molecule has 3 heteroatoms. The number of Topliss-reactive ketones (excluding diaryl/α,β-unsaturated/α-hetero) is 1. The molecule has 0 saturated carbocycles. The van der Waals surface area contributed by atoms with Gasteiger partial charge in [-0.2, -0.15) is 0 Å². The highest BCUT2D eigenvalue weighted by atomic mass is 16.1. The van der Waals surface area contributed by atoms with Gasteiger partial charge in [0, 0.05) is 18.3 Å². The molecule has 0 aliphatic rings. The van der Waals surface area contributed by atoms with Gasteiger partial charge < -0.3 is 5.73 Å². The van der Waals surface area contributed by atoms with Crippen LogP contribution in [0.1, 0.15) is 85.5 Å². The quantitative estimate of drug-likeness (QED) is 0.545. The molecule has 20 heavy (non-hydrogen) atoms. The van der Waals surface area contributed by atoms with E-state index in [9.17, 15) is 9.59 Å². The Morgan fingerprint density at radius 3 is 2.20 bits per heavy atom. The van der Waals surface area contributed by atoms with Crippen LogP contribution < -0.4 is 5.73 Å². The molecule has 1 unspecified atom stereocenters. The molecule has 0 aromatic rings. The molecule has 118 valence electrons. The number of hydrogen-bond donors (Lipinski definition) is 1. The summed E-state index contributed by atoms with van der Waals surface area (Å²) in [4.78, 5) is 23.4. The average molecular weight is 283 g/mol. The number of hydrogen-bond acceptors (Lipinski definition) is 2. The first-order valence-electron chi connectivity index (χ1n) is 8.13. The van der Waals surface area contributed by atoms with E-state index in [0.29, 0.717) is 25.0 Å². The van der Waals surface area contributed by atoms with E-state index < -0.39 is 0 Å². The van der Waals surface area contributed by atoms with Gasteiger partial charge in [0.05, 0.1) is 0 Å². The normalized spacial score (nSPS) is 14.2. The van der Waals surface area contributed by atoms with Gasteiger partial charge in [-0.3, -0.25) is 9.59 Å². The van der Waals surface area contributed by atoms with E-state index in [1.165, 1.54) is 12.8 Å². The van der Waals surface area contributed by atoms with Gasteiger partial charge in [-0.15, -0.1) is 0 Å². The van der Waals surface area contributed by atoms with Gasteiger partial charge in [0.1, 0.15) is 5.78 Å². The summed E-state index contributed by atoms with van der Waals surface area (Å²) in [6.45, 7) is 8.54. The van der Waals surface area contributed by atoms with Crippen LogP contribution in [0.3, 0.4) is 0 Å². The molecule has 0 aliphatic heterocycles. The van der Waals surface area contributed by atoms with Gasteiger partial charge in [0.25, 0.3) is 0 Å². The molecular weight excluding hydrogens is 250 g/mol. The van der Waals surface area contributed by atoms with Gasteiger partial charge in [0.15, 0.2) is 0 Å². The fraction of sp³-hybridized carbons (Fsp3) is 0.882. The van der Waals surface area contributed by atoms with Crippen molar-refractivity contribution in [2.24, 2.45) is 17.1 Å². The smallest absolute Gasteiger partial charge is 0.217 e. The number of amides is 1. The zero-order chi connectivity index (χ0) is 15.6. The maximum Gasteiger partial charge on any atom is 0.217 e. The van der Waals surface area contributed by atoms with Gasteiger partial charge in [-0.25, -0.2) is 0 Å². The van der Waals surface area contributed by atoms with E-state index in [4.69, 9.17) is 5.73 Å². The van der Waals surface area contributed by atoms with Crippen molar-refractivity contribution in [2.45, 2.75) is 85.5 Å². The lowest BCUT2D eigenvalue weighted by Gasteiger charge is -2.27. The van der Waals surface area contributed by atoms with Gasteiger partial charge >= 0.3 is 0 Å². The Kier molecular flexibility index (Phi) is 9.52. The first kappa shape index (κ1) is 19.1. The number of rotatable bonds is 12. The van der Waals surface area contributed by atoms with Crippen LogP contribution in [0.15, 0.2) is 0 Å². The van der Waals surface area contributed by atoms with Crippen molar-refractivity contribution >= 4 is 11.7 Å². The van der Waals surface area contributed by atoms with Crippen LogP contribution in [0.25, 0.3) is 0 Å². The lowest BCUT2D eigenvalue weighted by atomic mass is 9.75. The van der Waals surface area contributed by atoms with Crippen LogP contribution in [-0.4, -0.2) is 11.7 Å². The minimum atomic E-state index is -0.359. The number of unbranched alkanes of at least 4 members (excludes halogenated alkanes) is 2. The summed E-state index contributed by atoms with van der Waals surface area (Å²) in [5.74, 6) is 0.744. The number of carbonyl (C=O) groups is 2. The third-order valence-corrected chi connectivity index (χ3v) is 4.08. The maximum absolute atomic E-state index is 12.4. The zero-order valence-corrected chi connectivity index (χ0v) is 13.8. The Hall–Kier alpha value is -0.860. The highest BCUT2D eigenvalue weighted by Crippen LogP contribution is 2.32. The molecule has 1 atom stereocenters. The Morgan fingerprint density at radius 1 is 1.05 bits per heavy atom. The van der Waals surface area contributed by atoms with Gasteiger partial charge in [0.2, 0.25) is 5.91 Å². The highest BCUT2D eigenvalue weighted by molar-refractivity contribution is 5.85. The molecule has 0 aromatic heterocycles. The standard InChI is InChI=1S/C17H33NO2/c1-5-12-17(4,13-11-16(18)20)15(19)10-8-6-7-9-14(2)3/h14H,5-13H2,1-4H3,(H2,18,20). The monoisotopic (exact) mass is 283 g/mol. The summed E-state index contributed by atoms with van der Waals surface area (Å²) in [5, 5.41) is 0. The topological polar surface area (TPSA) is 60.2 Å². The summed E-state index contributed by atoms with van der Waals surface area (Å²) >= 11 is 0. The molecular formula is C17H33NO2. The Labute approximate surface area is 124 Å². The van der Waals surface area contributed by atoms with Crippen molar-refractivity contribution < 1.29 is 9.59 Å². The van der Waals surface area contributed by atoms with Crippen molar-refractivity contribution in [3.05, 3.63) is 0 Å². The molecule has 2 N–H and O–H groups in total. The third-order valence-electron chi connectivity index (χ3n) is 4.08. The van der Waals surface area contributed by atoms with E-state index in [1.807, 2.05) is 6.92 Å². The minimum absolute atomic E-state index is 0.308. The van der Waals surface area contributed by atoms with E-state index >= 15 is 0 Å². The van der Waals surface area contributed by atoms with Crippen molar-refractivity contribution in [3.63, 3.8) is 0 Å². The second-order valence-corrected chi connectivity index (χ2v) is 6.69. The second-order valence-electron chi connectivity index (χ2n) is 6.69. The molecule has 0 spiro atoms. The Morgan fingerprint density at radius 2 is 1.70 bits per heavy atom. The molecule has 0 aliphatic carbocycles. The summed E-state index contributed by atoms with van der Waals surface area (Å²) in [6, 6.07) is 0. The predicted octanol–water partition coefficient (Wildman–Crippen LogP) is 4.23. The van der Waals surface area contributed by atoms with Crippen LogP contribution in [0.4, 0.5) is 0 Å². The first-order chi connectivity index (χ1) is 9.31. The van der Waals surface area contributed by atoms with Crippen LogP contribution in [-0.2, 0) is 9.59 Å². The van der Waals surface area contributed by atoms with Crippen molar-refractivity contribution in [1.29, 1.82) is 0 Å². The number of nitrogens with two attached hydrogens (primary N) is 1. The molecule has 0 fully saturated rings. The van der Waals surface area contributed by atoms with Crippen LogP contribution in [0.5, 0.6) is 0 Å². The summed E-state index contributed by atoms with van der Waals surface area (Å²) in [5.41, 5.74) is 4.85. The molecule has 0 radical (unpaired) electrons. The molecule has 0 aromatic carbocycles. The fourth-order valence-corrected chi connectivity index (χ4v) is 2.67. The fourth-order valence-electron chi connectivity index (χ4n) is 2.67.